The van der Waals surface area contributed by atoms with E-state index in [2.05, 4.69) is 105 Å². The van der Waals surface area contributed by atoms with E-state index in [0.29, 0.717) is 24.5 Å². The van der Waals surface area contributed by atoms with Crippen molar-refractivity contribution < 1.29 is 9.66 Å². The number of nitro groups is 1. The number of non-ortho nitro benzene ring substituents is 1. The van der Waals surface area contributed by atoms with Gasteiger partial charge in [-0.2, -0.15) is 0 Å². The van der Waals surface area contributed by atoms with E-state index in [-0.39, 0.29) is 28.6 Å². The molecule has 1 aromatic heterocycles. The second-order valence-electron chi connectivity index (χ2n) is 13.9. The zero-order chi connectivity index (χ0) is 33.1. The molecule has 4 aromatic rings. The zero-order valence-electron chi connectivity index (χ0n) is 28.2. The van der Waals surface area contributed by atoms with Crippen molar-refractivity contribution in [3.63, 3.8) is 0 Å². The normalized spacial score (nSPS) is 21.3. The highest BCUT2D eigenvalue weighted by Gasteiger charge is 2.43. The second-order valence-corrected chi connectivity index (χ2v) is 13.9. The lowest BCUT2D eigenvalue weighted by atomic mass is 9.73. The Morgan fingerprint density at radius 3 is 2.43 bits per heavy atom. The summed E-state index contributed by atoms with van der Waals surface area (Å²) in [4.78, 5) is 18.9. The minimum absolute atomic E-state index is 0.0862. The minimum Gasteiger partial charge on any atom is -0.372 e. The van der Waals surface area contributed by atoms with Crippen molar-refractivity contribution in [2.75, 3.05) is 25.0 Å². The summed E-state index contributed by atoms with van der Waals surface area (Å²) in [6.45, 7) is 15.3. The summed E-state index contributed by atoms with van der Waals surface area (Å²) in [6, 6.07) is 22.8. The van der Waals surface area contributed by atoms with Crippen LogP contribution in [-0.2, 0) is 11.2 Å². The predicted octanol–water partition coefficient (Wildman–Crippen LogP) is 9.72. The molecule has 0 saturated carbocycles. The van der Waals surface area contributed by atoms with Gasteiger partial charge in [0.05, 0.1) is 16.5 Å². The van der Waals surface area contributed by atoms with Gasteiger partial charge in [0.15, 0.2) is 0 Å². The molecule has 0 amide bonds. The Morgan fingerprint density at radius 1 is 1.04 bits per heavy atom. The molecule has 246 valence electrons. The summed E-state index contributed by atoms with van der Waals surface area (Å²) in [5.74, 6) is 1.39. The molecule has 7 rings (SSSR count). The van der Waals surface area contributed by atoms with Gasteiger partial charge in [-0.15, -0.1) is 6.58 Å². The van der Waals surface area contributed by atoms with E-state index in [4.69, 9.17) is 9.72 Å². The number of ether oxygens (including phenoxy) is 1. The van der Waals surface area contributed by atoms with Crippen LogP contribution in [0.2, 0.25) is 0 Å². The zero-order valence-corrected chi connectivity index (χ0v) is 28.2. The number of pyridine rings is 1. The molecular formula is C40H48N4O3. The molecule has 2 bridgehead atoms. The van der Waals surface area contributed by atoms with Crippen LogP contribution in [-0.4, -0.2) is 40.5 Å². The van der Waals surface area contributed by atoms with Gasteiger partial charge < -0.3 is 10.1 Å². The first kappa shape index (κ1) is 32.9. The number of nitro benzene ring substituents is 1. The molecule has 5 atom stereocenters. The number of nitrogens with one attached hydrogen (secondary N) is 1. The smallest absolute Gasteiger partial charge is 0.270 e. The lowest BCUT2D eigenvalue weighted by molar-refractivity contribution is -0.385. The van der Waals surface area contributed by atoms with Crippen LogP contribution in [0.25, 0.3) is 10.9 Å². The van der Waals surface area contributed by atoms with Gasteiger partial charge in [-0.25, -0.2) is 0 Å². The third-order valence-electron chi connectivity index (χ3n) is 10.2. The van der Waals surface area contributed by atoms with Gasteiger partial charge in [-0.05, 0) is 102 Å². The van der Waals surface area contributed by atoms with Crippen molar-refractivity contribution in [3.8, 4) is 0 Å². The number of nitrogens with zero attached hydrogens (tertiary/aromatic N) is 3. The van der Waals surface area contributed by atoms with Crippen molar-refractivity contribution in [1.82, 2.24) is 9.88 Å². The Kier molecular flexibility index (Phi) is 10.0. The highest BCUT2D eigenvalue weighted by atomic mass is 16.6. The predicted molar refractivity (Wildman–Crippen MR) is 192 cm³/mol. The summed E-state index contributed by atoms with van der Waals surface area (Å²) in [5, 5.41) is 16.6. The number of piperidine rings is 3. The molecule has 7 heteroatoms. The number of rotatable bonds is 13. The summed E-state index contributed by atoms with van der Waals surface area (Å²) in [7, 11) is 0. The van der Waals surface area contributed by atoms with Gasteiger partial charge >= 0.3 is 0 Å². The average Bonchev–Trinajstić information content (AvgIpc) is 3.08. The van der Waals surface area contributed by atoms with E-state index >= 15 is 0 Å². The van der Waals surface area contributed by atoms with E-state index < -0.39 is 0 Å². The van der Waals surface area contributed by atoms with E-state index in [1.165, 1.54) is 17.5 Å². The third kappa shape index (κ3) is 7.12. The average molecular weight is 633 g/mol. The molecule has 0 aliphatic carbocycles. The molecule has 0 spiro atoms. The van der Waals surface area contributed by atoms with Crippen LogP contribution in [0.15, 0.2) is 85.6 Å². The first-order valence-corrected chi connectivity index (χ1v) is 17.2. The highest BCUT2D eigenvalue weighted by molar-refractivity contribution is 5.87. The first-order valence-electron chi connectivity index (χ1n) is 17.2. The van der Waals surface area contributed by atoms with Crippen LogP contribution in [0.3, 0.4) is 0 Å². The molecule has 0 radical (unpaired) electrons. The largest absolute Gasteiger partial charge is 0.372 e. The fourth-order valence-electron chi connectivity index (χ4n) is 7.70. The molecule has 4 heterocycles. The van der Waals surface area contributed by atoms with Gasteiger partial charge in [-0.3, -0.25) is 20.0 Å². The number of benzene rings is 3. The lowest BCUT2D eigenvalue weighted by Gasteiger charge is -2.51. The van der Waals surface area contributed by atoms with Gasteiger partial charge in [0.25, 0.3) is 5.69 Å². The molecule has 3 fully saturated rings. The van der Waals surface area contributed by atoms with Crippen molar-refractivity contribution in [3.05, 3.63) is 118 Å². The lowest BCUT2D eigenvalue weighted by Crippen LogP contribution is -2.55. The molecule has 3 aliphatic rings. The third-order valence-corrected chi connectivity index (χ3v) is 10.2. The maximum Gasteiger partial charge on any atom is 0.270 e. The standard InChI is InChI=1S/C40H48N4O3/c1-6-29-25-43-19-17-30(29)21-38(43)40(47-20-10-13-28-11-8-7-9-12-28)33-16-18-41-37-15-14-31(22-36(33)37)42-39-34(26(2)3)23-32(44(45)46)24-35(39)27(4)5/h6-9,11-12,14-16,18,22-24,26-27,29-30,38,40,42H,1,10,13,17,19-21,25H2,2-5H3. The molecular weight excluding hydrogens is 584 g/mol. The minimum atomic E-state index is -0.291. The second kappa shape index (κ2) is 14.4. The monoisotopic (exact) mass is 632 g/mol. The Labute approximate surface area is 279 Å². The molecule has 47 heavy (non-hydrogen) atoms. The number of aryl methyl sites for hydroxylation is 1. The molecule has 7 nitrogen and oxygen atoms in total. The van der Waals surface area contributed by atoms with Crippen molar-refractivity contribution in [2.45, 2.75) is 77.4 Å². The Balaban J connectivity index is 1.36. The maximum absolute atomic E-state index is 11.8. The van der Waals surface area contributed by atoms with Crippen molar-refractivity contribution >= 4 is 28.0 Å². The van der Waals surface area contributed by atoms with Gasteiger partial charge in [0.1, 0.15) is 0 Å². The van der Waals surface area contributed by atoms with E-state index in [9.17, 15) is 10.1 Å². The van der Waals surface area contributed by atoms with Crippen LogP contribution >= 0.6 is 0 Å². The van der Waals surface area contributed by atoms with Crippen LogP contribution in [0.4, 0.5) is 17.1 Å². The maximum atomic E-state index is 11.8. The van der Waals surface area contributed by atoms with Crippen molar-refractivity contribution in [2.24, 2.45) is 11.8 Å². The fraction of sp³-hybridized carbons (Fsp3) is 0.425. The summed E-state index contributed by atoms with van der Waals surface area (Å²) in [5.41, 5.74) is 7.34. The van der Waals surface area contributed by atoms with Gasteiger partial charge in [-0.1, -0.05) is 64.1 Å². The summed E-state index contributed by atoms with van der Waals surface area (Å²) >= 11 is 0. The topological polar surface area (TPSA) is 80.5 Å². The first-order chi connectivity index (χ1) is 22.7. The number of anilines is 2. The van der Waals surface area contributed by atoms with Crippen LogP contribution in [0.5, 0.6) is 0 Å². The SMILES string of the molecule is C=CC1CN2CCC1CC2C(OCCCc1ccccc1)c1ccnc2ccc(Nc3c(C(C)C)cc([N+](=O)[O-])cc3C(C)C)cc12. The van der Waals surface area contributed by atoms with E-state index in [1.807, 2.05) is 6.20 Å². The van der Waals surface area contributed by atoms with E-state index in [1.54, 1.807) is 12.1 Å². The van der Waals surface area contributed by atoms with Crippen molar-refractivity contribution in [1.29, 1.82) is 0 Å². The fourth-order valence-corrected chi connectivity index (χ4v) is 7.70. The molecule has 3 aromatic carbocycles. The number of hydrogen-bond donors (Lipinski definition) is 1. The number of hydrogen-bond acceptors (Lipinski definition) is 6. The van der Waals surface area contributed by atoms with Gasteiger partial charge in [0.2, 0.25) is 0 Å². The molecule has 1 N–H and O–H groups in total. The summed E-state index contributed by atoms with van der Waals surface area (Å²) in [6.07, 6.45) is 8.23. The van der Waals surface area contributed by atoms with Gasteiger partial charge in [0, 0.05) is 54.3 Å². The number of aromatic nitrogens is 1. The molecule has 3 aliphatic heterocycles. The Morgan fingerprint density at radius 2 is 1.79 bits per heavy atom. The highest BCUT2D eigenvalue weighted by Crippen LogP contribution is 2.44. The molecule has 5 unspecified atom stereocenters. The molecule has 3 saturated heterocycles. The Hall–Kier alpha value is -4.07. The quantitative estimate of drug-likeness (QED) is 0.0684. The summed E-state index contributed by atoms with van der Waals surface area (Å²) < 4.78 is 6.93. The van der Waals surface area contributed by atoms with Crippen LogP contribution in [0, 0.1) is 22.0 Å². The Bertz CT molecular complexity index is 1690. The number of fused-ring (bicyclic) bond motifs is 4. The van der Waals surface area contributed by atoms with E-state index in [0.717, 1.165) is 65.8 Å². The van der Waals surface area contributed by atoms with Crippen LogP contribution in [0.1, 0.15) is 87.2 Å². The van der Waals surface area contributed by atoms with Crippen LogP contribution < -0.4 is 5.32 Å².